The van der Waals surface area contributed by atoms with E-state index in [1.165, 1.54) is 24.7 Å². The maximum Gasteiger partial charge on any atom is 0.293 e. The average Bonchev–Trinajstić information content (AvgIpc) is 2.61. The predicted octanol–water partition coefficient (Wildman–Crippen LogP) is 3.04. The van der Waals surface area contributed by atoms with E-state index in [4.69, 9.17) is 0 Å². The van der Waals surface area contributed by atoms with E-state index in [2.05, 4.69) is 22.2 Å². The minimum atomic E-state index is -3.73. The normalized spacial score (nSPS) is 15.9. The van der Waals surface area contributed by atoms with E-state index in [9.17, 15) is 18.5 Å². The highest BCUT2D eigenvalue weighted by Crippen LogP contribution is 2.44. The molecule has 1 saturated carbocycles. The molecule has 1 fully saturated rings. The molecular weight excluding hydrogens is 354 g/mol. The number of sulfonamides is 1. The second-order valence-electron chi connectivity index (χ2n) is 6.50. The Morgan fingerprint density at radius 1 is 1.15 bits per heavy atom. The molecule has 1 aliphatic rings. The highest BCUT2D eigenvalue weighted by molar-refractivity contribution is 7.89. The summed E-state index contributed by atoms with van der Waals surface area (Å²) >= 11 is 0. The summed E-state index contributed by atoms with van der Waals surface area (Å²) in [4.78, 5) is 10.7. The number of nitrogens with zero attached hydrogens (tertiary/aromatic N) is 1. The summed E-state index contributed by atoms with van der Waals surface area (Å²) in [5, 5.41) is 14.6. The van der Waals surface area contributed by atoms with Crippen molar-refractivity contribution < 1.29 is 13.3 Å². The number of benzene rings is 2. The summed E-state index contributed by atoms with van der Waals surface area (Å²) in [6, 6.07) is 14.0. The van der Waals surface area contributed by atoms with Crippen LogP contribution in [0.4, 0.5) is 11.4 Å². The van der Waals surface area contributed by atoms with Gasteiger partial charge in [-0.25, -0.2) is 13.1 Å². The molecule has 0 aliphatic heterocycles. The van der Waals surface area contributed by atoms with Crippen LogP contribution in [0.5, 0.6) is 0 Å². The van der Waals surface area contributed by atoms with Crippen LogP contribution in [0.15, 0.2) is 53.4 Å². The van der Waals surface area contributed by atoms with Crippen molar-refractivity contribution in [1.82, 2.24) is 4.72 Å². The summed E-state index contributed by atoms with van der Waals surface area (Å²) in [5.41, 5.74) is 1.26. The van der Waals surface area contributed by atoms with Gasteiger partial charge < -0.3 is 5.32 Å². The number of hydrogen-bond acceptors (Lipinski definition) is 5. The third kappa shape index (κ3) is 3.42. The minimum absolute atomic E-state index is 0.0369. The van der Waals surface area contributed by atoms with E-state index < -0.39 is 14.9 Å². The molecule has 138 valence electrons. The molecule has 0 aromatic heterocycles. The molecule has 2 N–H and O–H groups in total. The Labute approximate surface area is 152 Å². The average molecular weight is 375 g/mol. The lowest BCUT2D eigenvalue weighted by molar-refractivity contribution is -0.384. The number of rotatable bonds is 7. The second kappa shape index (κ2) is 7.05. The molecule has 0 atom stereocenters. The molecule has 8 heteroatoms. The molecule has 2 aromatic carbocycles. The zero-order chi connectivity index (χ0) is 18.8. The first kappa shape index (κ1) is 18.3. The fraction of sp³-hybridized carbons (Fsp3) is 0.333. The van der Waals surface area contributed by atoms with Crippen molar-refractivity contribution in [2.75, 3.05) is 18.9 Å². The van der Waals surface area contributed by atoms with Gasteiger partial charge in [0.25, 0.3) is 5.69 Å². The molecule has 0 radical (unpaired) electrons. The molecule has 26 heavy (non-hydrogen) atoms. The number of hydrogen-bond donors (Lipinski definition) is 2. The molecule has 0 amide bonds. The van der Waals surface area contributed by atoms with Crippen LogP contribution in [0, 0.1) is 10.1 Å². The van der Waals surface area contributed by atoms with Crippen LogP contribution in [0.3, 0.4) is 0 Å². The summed E-state index contributed by atoms with van der Waals surface area (Å²) < 4.78 is 25.9. The lowest BCUT2D eigenvalue weighted by Crippen LogP contribution is -2.41. The smallest absolute Gasteiger partial charge is 0.293 e. The summed E-state index contributed by atoms with van der Waals surface area (Å²) in [5.74, 6) is 0. The van der Waals surface area contributed by atoms with Crippen LogP contribution >= 0.6 is 0 Å². The van der Waals surface area contributed by atoms with E-state index in [-0.39, 0.29) is 16.0 Å². The monoisotopic (exact) mass is 375 g/mol. The topological polar surface area (TPSA) is 101 Å². The molecule has 3 rings (SSSR count). The first-order valence-electron chi connectivity index (χ1n) is 8.39. The Hall–Kier alpha value is -2.45. The molecule has 0 unspecified atom stereocenters. The van der Waals surface area contributed by atoms with Gasteiger partial charge in [-0.3, -0.25) is 10.1 Å². The number of nitro groups is 1. The van der Waals surface area contributed by atoms with Gasteiger partial charge >= 0.3 is 0 Å². The Bertz CT molecular complexity index is 909. The van der Waals surface area contributed by atoms with Gasteiger partial charge in [0.2, 0.25) is 10.0 Å². The van der Waals surface area contributed by atoms with Crippen molar-refractivity contribution in [3.05, 3.63) is 64.2 Å². The van der Waals surface area contributed by atoms with Gasteiger partial charge in [0.1, 0.15) is 5.69 Å². The zero-order valence-electron chi connectivity index (χ0n) is 14.4. The quantitative estimate of drug-likeness (QED) is 0.572. The van der Waals surface area contributed by atoms with Gasteiger partial charge in [-0.2, -0.15) is 0 Å². The molecule has 0 bridgehead atoms. The van der Waals surface area contributed by atoms with Gasteiger partial charge in [0, 0.05) is 18.0 Å². The number of anilines is 1. The van der Waals surface area contributed by atoms with E-state index in [1.54, 1.807) is 0 Å². The van der Waals surface area contributed by atoms with E-state index in [0.717, 1.165) is 25.3 Å². The van der Waals surface area contributed by atoms with Crippen LogP contribution in [0.2, 0.25) is 0 Å². The van der Waals surface area contributed by atoms with Crippen LogP contribution in [0.25, 0.3) is 0 Å². The maximum absolute atomic E-state index is 11.9. The minimum Gasteiger partial charge on any atom is -0.379 e. The standard InChI is InChI=1S/C18H21N3O4S/c1-19-26(24,25)15-8-9-16(17(12-15)21(22)23)20-13-18(10-5-11-18)14-6-3-2-4-7-14/h2-4,6-9,12,19-20H,5,10-11,13H2,1H3. The van der Waals surface area contributed by atoms with Crippen molar-refractivity contribution in [3.63, 3.8) is 0 Å². The number of nitrogens with one attached hydrogen (secondary N) is 2. The third-order valence-electron chi connectivity index (χ3n) is 5.06. The van der Waals surface area contributed by atoms with Crippen molar-refractivity contribution in [2.45, 2.75) is 29.6 Å². The zero-order valence-corrected chi connectivity index (χ0v) is 15.3. The summed E-state index contributed by atoms with van der Waals surface area (Å²) in [6.45, 7) is 0.565. The number of nitro benzene ring substituents is 1. The Morgan fingerprint density at radius 3 is 2.38 bits per heavy atom. The molecule has 7 nitrogen and oxygen atoms in total. The van der Waals surface area contributed by atoms with Crippen LogP contribution < -0.4 is 10.0 Å². The molecular formula is C18H21N3O4S. The fourth-order valence-corrected chi connectivity index (χ4v) is 4.07. The second-order valence-corrected chi connectivity index (χ2v) is 8.38. The first-order chi connectivity index (χ1) is 12.4. The van der Waals surface area contributed by atoms with Gasteiger partial charge in [0.15, 0.2) is 0 Å². The van der Waals surface area contributed by atoms with Crippen LogP contribution in [-0.2, 0) is 15.4 Å². The predicted molar refractivity (Wildman–Crippen MR) is 99.8 cm³/mol. The van der Waals surface area contributed by atoms with Crippen molar-refractivity contribution in [2.24, 2.45) is 0 Å². The molecule has 1 aliphatic carbocycles. The molecule has 2 aromatic rings. The van der Waals surface area contributed by atoms with Gasteiger partial charge in [-0.05, 0) is 37.6 Å². The van der Waals surface area contributed by atoms with E-state index in [0.29, 0.717) is 12.2 Å². The lowest BCUT2D eigenvalue weighted by Gasteiger charge is -2.42. The largest absolute Gasteiger partial charge is 0.379 e. The van der Waals surface area contributed by atoms with E-state index in [1.807, 2.05) is 18.2 Å². The maximum atomic E-state index is 11.9. The SMILES string of the molecule is CNS(=O)(=O)c1ccc(NCC2(c3ccccc3)CCC2)c([N+](=O)[O-])c1. The highest BCUT2D eigenvalue weighted by Gasteiger charge is 2.38. The third-order valence-corrected chi connectivity index (χ3v) is 6.47. The van der Waals surface area contributed by atoms with Crippen molar-refractivity contribution >= 4 is 21.4 Å². The Balaban J connectivity index is 1.87. The lowest BCUT2D eigenvalue weighted by atomic mass is 9.64. The first-order valence-corrected chi connectivity index (χ1v) is 9.88. The Morgan fingerprint density at radius 2 is 1.85 bits per heavy atom. The van der Waals surface area contributed by atoms with E-state index >= 15 is 0 Å². The van der Waals surface area contributed by atoms with Gasteiger partial charge in [-0.1, -0.05) is 36.8 Å². The molecule has 0 spiro atoms. The van der Waals surface area contributed by atoms with Crippen molar-refractivity contribution in [1.29, 1.82) is 0 Å². The molecule has 0 saturated heterocycles. The highest BCUT2D eigenvalue weighted by atomic mass is 32.2. The summed E-state index contributed by atoms with van der Waals surface area (Å²) in [6.07, 6.45) is 3.16. The Kier molecular flexibility index (Phi) is 4.97. The van der Waals surface area contributed by atoms with Crippen LogP contribution in [0.1, 0.15) is 24.8 Å². The summed E-state index contributed by atoms with van der Waals surface area (Å²) in [7, 11) is -2.46. The molecule has 0 heterocycles. The van der Waals surface area contributed by atoms with Crippen LogP contribution in [-0.4, -0.2) is 26.9 Å². The van der Waals surface area contributed by atoms with Crippen molar-refractivity contribution in [3.8, 4) is 0 Å². The van der Waals surface area contributed by atoms with Gasteiger partial charge in [0.05, 0.1) is 9.82 Å². The van der Waals surface area contributed by atoms with Gasteiger partial charge in [-0.15, -0.1) is 0 Å². The fourth-order valence-electron chi connectivity index (χ4n) is 3.32.